The Bertz CT molecular complexity index is 1510. The number of nitrogens with zero attached hydrogens (tertiary/aromatic N) is 2. The highest BCUT2D eigenvalue weighted by molar-refractivity contribution is 6.05. The number of ketones is 1. The van der Waals surface area contributed by atoms with Crippen LogP contribution in [-0.2, 0) is 4.79 Å². The number of anilines is 2. The van der Waals surface area contributed by atoms with E-state index in [0.717, 1.165) is 33.4 Å². The van der Waals surface area contributed by atoms with E-state index in [-0.39, 0.29) is 5.78 Å². The van der Waals surface area contributed by atoms with E-state index in [4.69, 9.17) is 0 Å². The molecule has 4 aromatic carbocycles. The summed E-state index contributed by atoms with van der Waals surface area (Å²) in [4.78, 5) is 17.0. The molecule has 3 nitrogen and oxygen atoms in total. The highest BCUT2D eigenvalue weighted by Crippen LogP contribution is 2.21. The third kappa shape index (κ3) is 8.55. The molecule has 0 aliphatic carbocycles. The van der Waals surface area contributed by atoms with Gasteiger partial charge in [-0.2, -0.15) is 0 Å². The molecular weight excluding hydrogens is 512 g/mol. The molecule has 0 radical (unpaired) electrons. The average molecular weight is 553 g/mol. The summed E-state index contributed by atoms with van der Waals surface area (Å²) in [6.45, 7) is 4.16. The van der Waals surface area contributed by atoms with Gasteiger partial charge in [0.15, 0.2) is 5.78 Å². The van der Waals surface area contributed by atoms with E-state index in [0.29, 0.717) is 0 Å². The Morgan fingerprint density at radius 3 is 1.21 bits per heavy atom. The van der Waals surface area contributed by atoms with Crippen molar-refractivity contribution in [2.75, 3.05) is 38.0 Å². The Kier molecular flexibility index (Phi) is 10.1. The van der Waals surface area contributed by atoms with Crippen LogP contribution < -0.4 is 9.80 Å². The summed E-state index contributed by atoms with van der Waals surface area (Å²) in [5.74, 6) is -0.0560. The fraction of sp³-hybridized carbons (Fsp3) is 0.154. The molecular formula is C39H40N2O. The van der Waals surface area contributed by atoms with Gasteiger partial charge in [0, 0.05) is 39.6 Å². The van der Waals surface area contributed by atoms with Crippen LogP contribution in [0.5, 0.6) is 0 Å². The van der Waals surface area contributed by atoms with Gasteiger partial charge in [0.05, 0.1) is 0 Å². The number of benzene rings is 4. The van der Waals surface area contributed by atoms with Gasteiger partial charge in [-0.3, -0.25) is 4.79 Å². The van der Waals surface area contributed by atoms with Crippen LogP contribution in [0.25, 0.3) is 36.5 Å². The largest absolute Gasteiger partial charge is 0.378 e. The first-order valence-corrected chi connectivity index (χ1v) is 14.2. The van der Waals surface area contributed by atoms with E-state index in [2.05, 4.69) is 133 Å². The number of rotatable bonds is 10. The molecule has 0 aliphatic heterocycles. The fourth-order valence-corrected chi connectivity index (χ4v) is 4.52. The summed E-state index contributed by atoms with van der Waals surface area (Å²) >= 11 is 0. The van der Waals surface area contributed by atoms with Crippen molar-refractivity contribution >= 4 is 53.6 Å². The molecule has 0 aromatic heterocycles. The van der Waals surface area contributed by atoms with Crippen molar-refractivity contribution in [3.63, 3.8) is 0 Å². The quantitative estimate of drug-likeness (QED) is 0.145. The minimum atomic E-state index is -0.0560. The number of hydrogen-bond donors (Lipinski definition) is 0. The van der Waals surface area contributed by atoms with E-state index in [9.17, 15) is 4.79 Å². The molecule has 0 fully saturated rings. The van der Waals surface area contributed by atoms with Gasteiger partial charge in [-0.1, -0.05) is 108 Å². The SMILES string of the molecule is Cc1ccc(/C=C/C(=O)/C=C/c2ccc(C)cc2/C=C/c2ccc(N(C)C)cc2)c(/C=C/c2ccc(N(C)C)cc2)c1. The molecule has 0 saturated heterocycles. The molecule has 0 N–H and O–H groups in total. The highest BCUT2D eigenvalue weighted by Gasteiger charge is 2.02. The summed E-state index contributed by atoms with van der Waals surface area (Å²) < 4.78 is 0. The average Bonchev–Trinajstić information content (AvgIpc) is 2.98. The van der Waals surface area contributed by atoms with Gasteiger partial charge in [0.2, 0.25) is 0 Å². The Morgan fingerprint density at radius 1 is 0.476 bits per heavy atom. The second-order valence-corrected chi connectivity index (χ2v) is 11.0. The Balaban J connectivity index is 1.48. The lowest BCUT2D eigenvalue weighted by Crippen LogP contribution is -2.07. The molecule has 0 bridgehead atoms. The van der Waals surface area contributed by atoms with Gasteiger partial charge >= 0.3 is 0 Å². The number of aryl methyl sites for hydroxylation is 2. The van der Waals surface area contributed by atoms with Crippen molar-refractivity contribution < 1.29 is 4.79 Å². The zero-order chi connectivity index (χ0) is 30.1. The second-order valence-electron chi connectivity index (χ2n) is 11.0. The summed E-state index contributed by atoms with van der Waals surface area (Å²) in [6.07, 6.45) is 15.5. The zero-order valence-electron chi connectivity index (χ0n) is 25.5. The lowest BCUT2D eigenvalue weighted by molar-refractivity contribution is -0.110. The van der Waals surface area contributed by atoms with Gasteiger partial charge < -0.3 is 9.80 Å². The van der Waals surface area contributed by atoms with Crippen LogP contribution in [0, 0.1) is 13.8 Å². The molecule has 0 spiro atoms. The fourth-order valence-electron chi connectivity index (χ4n) is 4.52. The molecule has 0 atom stereocenters. The molecule has 4 rings (SSSR count). The highest BCUT2D eigenvalue weighted by atomic mass is 16.1. The maximum absolute atomic E-state index is 12.9. The number of hydrogen-bond acceptors (Lipinski definition) is 3. The third-order valence-corrected chi connectivity index (χ3v) is 7.07. The van der Waals surface area contributed by atoms with Crippen molar-refractivity contribution in [1.29, 1.82) is 0 Å². The number of allylic oxidation sites excluding steroid dienone is 2. The van der Waals surface area contributed by atoms with Gasteiger partial charge in [-0.05, 0) is 83.6 Å². The Labute approximate surface area is 251 Å². The summed E-state index contributed by atoms with van der Waals surface area (Å²) in [5.41, 5.74) is 11.1. The summed E-state index contributed by atoms with van der Waals surface area (Å²) in [5, 5.41) is 0. The van der Waals surface area contributed by atoms with Crippen molar-refractivity contribution in [2.24, 2.45) is 0 Å². The maximum atomic E-state index is 12.9. The standard InChI is InChI=1S/C39H40N2O/c1-29-7-15-33(35(27-29)17-9-31-11-21-37(22-12-31)40(3)4)19-25-39(42)26-20-34-16-8-30(2)28-36(34)18-10-32-13-23-38(24-14-32)41(5)6/h7-28H,1-6H3/b17-9+,18-10+,25-19+,26-20+. The number of carbonyl (C=O) groups excluding carboxylic acids is 1. The van der Waals surface area contributed by atoms with Crippen LogP contribution in [0.15, 0.2) is 97.1 Å². The minimum absolute atomic E-state index is 0.0560. The first-order valence-electron chi connectivity index (χ1n) is 14.2. The van der Waals surface area contributed by atoms with Crippen LogP contribution >= 0.6 is 0 Å². The van der Waals surface area contributed by atoms with Gasteiger partial charge in [-0.15, -0.1) is 0 Å². The second kappa shape index (κ2) is 14.1. The normalized spacial score (nSPS) is 11.8. The van der Waals surface area contributed by atoms with Crippen molar-refractivity contribution in [3.8, 4) is 0 Å². The molecule has 42 heavy (non-hydrogen) atoms. The summed E-state index contributed by atoms with van der Waals surface area (Å²) in [6, 6.07) is 29.4. The van der Waals surface area contributed by atoms with E-state index in [1.54, 1.807) is 12.2 Å². The third-order valence-electron chi connectivity index (χ3n) is 7.07. The first-order chi connectivity index (χ1) is 20.2. The van der Waals surface area contributed by atoms with Gasteiger partial charge in [0.25, 0.3) is 0 Å². The summed E-state index contributed by atoms with van der Waals surface area (Å²) in [7, 11) is 8.15. The van der Waals surface area contributed by atoms with Crippen molar-refractivity contribution in [2.45, 2.75) is 13.8 Å². The smallest absolute Gasteiger partial charge is 0.178 e. The first kappa shape index (κ1) is 30.1. The molecule has 212 valence electrons. The van der Waals surface area contributed by atoms with Gasteiger partial charge in [0.1, 0.15) is 0 Å². The molecule has 4 aromatic rings. The van der Waals surface area contributed by atoms with Crippen LogP contribution in [0.3, 0.4) is 0 Å². The molecule has 0 unspecified atom stereocenters. The molecule has 0 heterocycles. The van der Waals surface area contributed by atoms with Crippen molar-refractivity contribution in [3.05, 3.63) is 142 Å². The lowest BCUT2D eigenvalue weighted by atomic mass is 10.0. The molecule has 0 amide bonds. The van der Waals surface area contributed by atoms with Crippen LogP contribution in [0.4, 0.5) is 11.4 Å². The zero-order valence-corrected chi connectivity index (χ0v) is 25.5. The van der Waals surface area contributed by atoms with Crippen LogP contribution in [-0.4, -0.2) is 34.0 Å². The van der Waals surface area contributed by atoms with Crippen LogP contribution in [0.2, 0.25) is 0 Å². The predicted octanol–water partition coefficient (Wildman–Crippen LogP) is 9.07. The minimum Gasteiger partial charge on any atom is -0.378 e. The number of carbonyl (C=O) groups is 1. The topological polar surface area (TPSA) is 23.6 Å². The van der Waals surface area contributed by atoms with E-state index >= 15 is 0 Å². The molecule has 3 heteroatoms. The van der Waals surface area contributed by atoms with E-state index in [1.165, 1.54) is 22.5 Å². The molecule has 0 aliphatic rings. The van der Waals surface area contributed by atoms with E-state index in [1.807, 2.05) is 40.3 Å². The maximum Gasteiger partial charge on any atom is 0.178 e. The monoisotopic (exact) mass is 552 g/mol. The van der Waals surface area contributed by atoms with E-state index < -0.39 is 0 Å². The Morgan fingerprint density at radius 2 is 0.857 bits per heavy atom. The van der Waals surface area contributed by atoms with Gasteiger partial charge in [-0.25, -0.2) is 0 Å². The molecule has 0 saturated carbocycles. The Hall–Kier alpha value is -4.89. The lowest BCUT2D eigenvalue weighted by Gasteiger charge is -2.11. The van der Waals surface area contributed by atoms with Crippen LogP contribution in [0.1, 0.15) is 44.5 Å². The predicted molar refractivity (Wildman–Crippen MR) is 185 cm³/mol. The van der Waals surface area contributed by atoms with Crippen molar-refractivity contribution in [1.82, 2.24) is 0 Å².